The lowest BCUT2D eigenvalue weighted by Crippen LogP contribution is -2.10. The van der Waals surface area contributed by atoms with Gasteiger partial charge in [0.25, 0.3) is 0 Å². The predicted molar refractivity (Wildman–Crippen MR) is 137 cm³/mol. The third-order valence-corrected chi connectivity index (χ3v) is 11.5. The van der Waals surface area contributed by atoms with Crippen molar-refractivity contribution in [3.63, 3.8) is 0 Å². The van der Waals surface area contributed by atoms with Crippen LogP contribution >= 0.6 is 34.0 Å². The minimum absolute atomic E-state index is 0.198. The van der Waals surface area contributed by atoms with Crippen LogP contribution in [-0.4, -0.2) is 0 Å². The van der Waals surface area contributed by atoms with Crippen molar-refractivity contribution >= 4 is 34.0 Å². The molecule has 3 heterocycles. The highest BCUT2D eigenvalue weighted by Gasteiger charge is 2.28. The van der Waals surface area contributed by atoms with Gasteiger partial charge in [-0.05, 0) is 85.8 Å². The summed E-state index contributed by atoms with van der Waals surface area (Å²) in [5.41, 5.74) is 9.18. The van der Waals surface area contributed by atoms with Crippen molar-refractivity contribution in [2.45, 2.75) is 93.9 Å². The summed E-state index contributed by atoms with van der Waals surface area (Å²) < 4.78 is 0. The standard InChI is InChI=1S/C26H36S3/c1-13-14(2)20(22-16(4)18(6)24(29-22)26(10,11)12)27-19(13)21-15(3)17(5)23(28-21)25(7,8)9/h1-12H3. The Morgan fingerprint density at radius 3 is 0.862 bits per heavy atom. The highest BCUT2D eigenvalue weighted by Crippen LogP contribution is 2.51. The Morgan fingerprint density at radius 2 is 0.621 bits per heavy atom. The van der Waals surface area contributed by atoms with Crippen LogP contribution in [0.4, 0.5) is 0 Å². The van der Waals surface area contributed by atoms with Crippen LogP contribution in [0.5, 0.6) is 0 Å². The summed E-state index contributed by atoms with van der Waals surface area (Å²) in [6.07, 6.45) is 0. The fourth-order valence-electron chi connectivity index (χ4n) is 4.09. The Labute approximate surface area is 190 Å². The molecule has 3 heteroatoms. The van der Waals surface area contributed by atoms with E-state index in [0.717, 1.165) is 0 Å². The van der Waals surface area contributed by atoms with Gasteiger partial charge >= 0.3 is 0 Å². The maximum atomic E-state index is 2.33. The van der Waals surface area contributed by atoms with Gasteiger partial charge in [-0.1, -0.05) is 41.5 Å². The van der Waals surface area contributed by atoms with Crippen LogP contribution in [0.1, 0.15) is 84.7 Å². The van der Waals surface area contributed by atoms with Crippen molar-refractivity contribution in [1.82, 2.24) is 0 Å². The van der Waals surface area contributed by atoms with Gasteiger partial charge in [0, 0.05) is 29.3 Å². The largest absolute Gasteiger partial charge is 0.138 e. The van der Waals surface area contributed by atoms with Crippen LogP contribution in [0.25, 0.3) is 19.5 Å². The molecule has 0 radical (unpaired) electrons. The highest BCUT2D eigenvalue weighted by molar-refractivity contribution is 7.27. The second-order valence-electron chi connectivity index (χ2n) is 10.5. The van der Waals surface area contributed by atoms with E-state index in [0.29, 0.717) is 0 Å². The monoisotopic (exact) mass is 444 g/mol. The van der Waals surface area contributed by atoms with Crippen LogP contribution < -0.4 is 0 Å². The average molecular weight is 445 g/mol. The molecular weight excluding hydrogens is 408 g/mol. The molecule has 0 aliphatic rings. The lowest BCUT2D eigenvalue weighted by molar-refractivity contribution is 0.599. The third kappa shape index (κ3) is 3.79. The Hall–Kier alpha value is -0.900. The van der Waals surface area contributed by atoms with Gasteiger partial charge in [-0.3, -0.25) is 0 Å². The molecule has 3 aromatic rings. The van der Waals surface area contributed by atoms with E-state index in [9.17, 15) is 0 Å². The molecule has 0 saturated heterocycles. The molecule has 0 bridgehead atoms. The summed E-state index contributed by atoms with van der Waals surface area (Å²) in [5, 5.41) is 0. The van der Waals surface area contributed by atoms with E-state index in [4.69, 9.17) is 0 Å². The van der Waals surface area contributed by atoms with Crippen molar-refractivity contribution in [3.8, 4) is 19.5 Å². The van der Waals surface area contributed by atoms with Gasteiger partial charge in [-0.25, -0.2) is 0 Å². The van der Waals surface area contributed by atoms with Gasteiger partial charge in [-0.15, -0.1) is 34.0 Å². The first kappa shape index (κ1) is 22.8. The molecule has 0 aliphatic heterocycles. The van der Waals surface area contributed by atoms with Crippen LogP contribution in [0, 0.1) is 41.5 Å². The second-order valence-corrected chi connectivity index (χ2v) is 13.6. The van der Waals surface area contributed by atoms with Crippen LogP contribution in [0.2, 0.25) is 0 Å². The minimum atomic E-state index is 0.198. The molecule has 0 saturated carbocycles. The summed E-state index contributed by atoms with van der Waals surface area (Å²) in [5.74, 6) is 0. The summed E-state index contributed by atoms with van der Waals surface area (Å²) >= 11 is 6.02. The minimum Gasteiger partial charge on any atom is -0.138 e. The van der Waals surface area contributed by atoms with Gasteiger partial charge in [0.1, 0.15) is 0 Å². The van der Waals surface area contributed by atoms with Crippen molar-refractivity contribution in [3.05, 3.63) is 43.1 Å². The smallest absolute Gasteiger partial charge is 0.0484 e. The van der Waals surface area contributed by atoms with E-state index in [1.807, 2.05) is 34.0 Å². The van der Waals surface area contributed by atoms with Crippen molar-refractivity contribution in [2.75, 3.05) is 0 Å². The van der Waals surface area contributed by atoms with E-state index in [1.54, 1.807) is 0 Å². The molecule has 0 atom stereocenters. The fraction of sp³-hybridized carbons (Fsp3) is 0.538. The molecule has 29 heavy (non-hydrogen) atoms. The number of hydrogen-bond acceptors (Lipinski definition) is 3. The summed E-state index contributed by atoms with van der Waals surface area (Å²) in [6.45, 7) is 27.8. The molecule has 0 aromatic carbocycles. The maximum absolute atomic E-state index is 2.33. The molecule has 3 aromatic heterocycles. The van der Waals surface area contributed by atoms with Crippen LogP contribution in [0.3, 0.4) is 0 Å². The zero-order valence-electron chi connectivity index (χ0n) is 20.2. The lowest BCUT2D eigenvalue weighted by atomic mass is 9.90. The molecule has 0 unspecified atom stereocenters. The number of hydrogen-bond donors (Lipinski definition) is 0. The molecule has 0 nitrogen and oxygen atoms in total. The predicted octanol–water partition coefficient (Wildman–Crippen LogP) is 9.65. The average Bonchev–Trinajstić information content (AvgIpc) is 3.16. The molecule has 0 amide bonds. The molecule has 3 rings (SSSR count). The van der Waals surface area contributed by atoms with Gasteiger partial charge < -0.3 is 0 Å². The van der Waals surface area contributed by atoms with Crippen molar-refractivity contribution < 1.29 is 0 Å². The molecule has 158 valence electrons. The van der Waals surface area contributed by atoms with Gasteiger partial charge in [0.15, 0.2) is 0 Å². The van der Waals surface area contributed by atoms with Gasteiger partial charge in [0.2, 0.25) is 0 Å². The SMILES string of the molecule is Cc1c(-c2sc(C(C)(C)C)c(C)c2C)sc(-c2sc(C(C)(C)C)c(C)c2C)c1C. The summed E-state index contributed by atoms with van der Waals surface area (Å²) in [7, 11) is 0. The quantitative estimate of drug-likeness (QED) is 0.369. The maximum Gasteiger partial charge on any atom is 0.0484 e. The number of thiophene rings is 3. The van der Waals surface area contributed by atoms with E-state index < -0.39 is 0 Å². The van der Waals surface area contributed by atoms with E-state index in [-0.39, 0.29) is 10.8 Å². The van der Waals surface area contributed by atoms with Crippen molar-refractivity contribution in [2.24, 2.45) is 0 Å². The zero-order chi connectivity index (χ0) is 22.0. The topological polar surface area (TPSA) is 0 Å². The normalized spacial score (nSPS) is 12.8. The van der Waals surface area contributed by atoms with Gasteiger partial charge in [0.05, 0.1) is 0 Å². The Bertz CT molecular complexity index is 985. The zero-order valence-corrected chi connectivity index (χ0v) is 22.7. The van der Waals surface area contributed by atoms with E-state index in [2.05, 4.69) is 83.1 Å². The summed E-state index contributed by atoms with van der Waals surface area (Å²) in [4.78, 5) is 8.95. The Balaban J connectivity index is 2.22. The lowest BCUT2D eigenvalue weighted by Gasteiger charge is -2.17. The van der Waals surface area contributed by atoms with Crippen LogP contribution in [-0.2, 0) is 10.8 Å². The first-order valence-corrected chi connectivity index (χ1v) is 12.9. The second kappa shape index (κ2) is 7.35. The molecule has 0 spiro atoms. The fourth-order valence-corrected chi connectivity index (χ4v) is 8.63. The third-order valence-electron chi connectivity index (χ3n) is 6.12. The van der Waals surface area contributed by atoms with Crippen molar-refractivity contribution in [1.29, 1.82) is 0 Å². The van der Waals surface area contributed by atoms with E-state index >= 15 is 0 Å². The first-order chi connectivity index (χ1) is 13.2. The van der Waals surface area contributed by atoms with Crippen LogP contribution in [0.15, 0.2) is 0 Å². The highest BCUT2D eigenvalue weighted by atomic mass is 32.1. The Morgan fingerprint density at radius 1 is 0.379 bits per heavy atom. The molecular formula is C26H36S3. The van der Waals surface area contributed by atoms with Gasteiger partial charge in [-0.2, -0.15) is 0 Å². The molecule has 0 N–H and O–H groups in total. The number of rotatable bonds is 2. The summed E-state index contributed by atoms with van der Waals surface area (Å²) in [6, 6.07) is 0. The molecule has 0 fully saturated rings. The molecule has 0 aliphatic carbocycles. The first-order valence-electron chi connectivity index (χ1n) is 10.5. The van der Waals surface area contributed by atoms with E-state index in [1.165, 1.54) is 62.6 Å². The Kier molecular flexibility index (Phi) is 5.78.